The van der Waals surface area contributed by atoms with Crippen molar-refractivity contribution in [3.63, 3.8) is 0 Å². The normalized spacial score (nSPS) is 21.4. The lowest BCUT2D eigenvalue weighted by Crippen LogP contribution is -2.64. The molecule has 1 aromatic rings. The molecule has 1 spiro atoms. The van der Waals surface area contributed by atoms with E-state index in [0.717, 1.165) is 44.1 Å². The molecule has 29 heavy (non-hydrogen) atoms. The van der Waals surface area contributed by atoms with Crippen molar-refractivity contribution in [2.24, 2.45) is 0 Å². The molecule has 0 radical (unpaired) electrons. The van der Waals surface area contributed by atoms with E-state index in [4.69, 9.17) is 0 Å². The number of rotatable bonds is 6. The number of amides is 2. The monoisotopic (exact) mass is 400 g/mol. The van der Waals surface area contributed by atoms with Crippen LogP contribution in [-0.2, 0) is 14.3 Å². The smallest absolute Gasteiger partial charge is 0.307 e. The number of hydrogen-bond donors (Lipinski definition) is 1. The third kappa shape index (κ3) is 3.89. The van der Waals surface area contributed by atoms with Crippen LogP contribution in [0.4, 0.5) is 0 Å². The molecule has 6 nitrogen and oxygen atoms in total. The maximum Gasteiger partial charge on any atom is 0.307 e. The molecule has 6 heteroatoms. The van der Waals surface area contributed by atoms with Crippen LogP contribution in [0.1, 0.15) is 80.6 Å². The zero-order valence-corrected chi connectivity index (χ0v) is 17.7. The fraction of sp³-hybridized carbons (Fsp3) is 0.609. The van der Waals surface area contributed by atoms with E-state index in [-0.39, 0.29) is 36.8 Å². The van der Waals surface area contributed by atoms with Gasteiger partial charge in [0.25, 0.3) is 5.91 Å². The van der Waals surface area contributed by atoms with E-state index in [2.05, 4.69) is 23.9 Å². The summed E-state index contributed by atoms with van der Waals surface area (Å²) < 4.78 is 4.68. The van der Waals surface area contributed by atoms with Crippen molar-refractivity contribution in [3.8, 4) is 0 Å². The van der Waals surface area contributed by atoms with Gasteiger partial charge in [0.1, 0.15) is 0 Å². The number of benzene rings is 1. The molecule has 0 aromatic heterocycles. The van der Waals surface area contributed by atoms with Crippen LogP contribution in [0.25, 0.3) is 0 Å². The van der Waals surface area contributed by atoms with E-state index >= 15 is 0 Å². The van der Waals surface area contributed by atoms with Gasteiger partial charge in [-0.2, -0.15) is 0 Å². The van der Waals surface area contributed by atoms with Crippen molar-refractivity contribution >= 4 is 17.8 Å². The van der Waals surface area contributed by atoms with Gasteiger partial charge in [0.05, 0.1) is 25.0 Å². The summed E-state index contributed by atoms with van der Waals surface area (Å²) in [6.07, 6.45) is 5.77. The molecule has 1 aromatic carbocycles. The summed E-state index contributed by atoms with van der Waals surface area (Å²) in [4.78, 5) is 40.5. The molecular formula is C23H32N2O4. The Labute approximate surface area is 173 Å². The van der Waals surface area contributed by atoms with Crippen LogP contribution in [0.15, 0.2) is 24.3 Å². The summed E-state index contributed by atoms with van der Waals surface area (Å²) in [7, 11) is 1.34. The fourth-order valence-electron chi connectivity index (χ4n) is 5.10. The van der Waals surface area contributed by atoms with E-state index in [1.807, 2.05) is 29.2 Å². The number of nitrogens with one attached hydrogen (secondary N) is 1. The van der Waals surface area contributed by atoms with Crippen LogP contribution in [0.3, 0.4) is 0 Å². The van der Waals surface area contributed by atoms with E-state index in [9.17, 15) is 14.4 Å². The molecule has 1 fully saturated rings. The number of nitrogens with zero attached hydrogens (tertiary/aromatic N) is 1. The zero-order chi connectivity index (χ0) is 21.0. The minimum absolute atomic E-state index is 0.0375. The molecule has 1 aliphatic heterocycles. The maximum absolute atomic E-state index is 13.5. The van der Waals surface area contributed by atoms with Crippen LogP contribution < -0.4 is 5.32 Å². The van der Waals surface area contributed by atoms with Gasteiger partial charge in [-0.05, 0) is 37.8 Å². The van der Waals surface area contributed by atoms with Gasteiger partial charge in [-0.15, -0.1) is 0 Å². The molecule has 3 rings (SSSR count). The van der Waals surface area contributed by atoms with Crippen LogP contribution in [0.5, 0.6) is 0 Å². The number of carbonyl (C=O) groups excluding carboxylic acids is 3. The highest BCUT2D eigenvalue weighted by Crippen LogP contribution is 2.50. The average molecular weight is 401 g/mol. The van der Waals surface area contributed by atoms with Crippen molar-refractivity contribution < 1.29 is 19.1 Å². The van der Waals surface area contributed by atoms with Crippen LogP contribution in [0.2, 0.25) is 0 Å². The Morgan fingerprint density at radius 3 is 2.59 bits per heavy atom. The summed E-state index contributed by atoms with van der Waals surface area (Å²) in [5.74, 6) is -0.846. The molecular weight excluding hydrogens is 368 g/mol. The first-order chi connectivity index (χ1) is 14.0. The highest BCUT2D eigenvalue weighted by Gasteiger charge is 2.55. The summed E-state index contributed by atoms with van der Waals surface area (Å²) in [6.45, 7) is 4.40. The summed E-state index contributed by atoms with van der Waals surface area (Å²) in [5, 5.41) is 2.94. The highest BCUT2D eigenvalue weighted by molar-refractivity contribution is 6.02. The molecule has 0 saturated heterocycles. The predicted octanol–water partition coefficient (Wildman–Crippen LogP) is 3.41. The number of methoxy groups -OCH3 is 1. The van der Waals surface area contributed by atoms with E-state index < -0.39 is 11.5 Å². The first-order valence-electron chi connectivity index (χ1n) is 10.7. The van der Waals surface area contributed by atoms with Crippen LogP contribution in [-0.4, -0.2) is 47.9 Å². The minimum Gasteiger partial charge on any atom is -0.469 e. The summed E-state index contributed by atoms with van der Waals surface area (Å²) in [6, 6.07) is 7.56. The molecule has 1 N–H and O–H groups in total. The highest BCUT2D eigenvalue weighted by atomic mass is 16.5. The van der Waals surface area contributed by atoms with E-state index in [0.29, 0.717) is 5.56 Å². The van der Waals surface area contributed by atoms with Crippen molar-refractivity contribution in [2.45, 2.75) is 76.3 Å². The van der Waals surface area contributed by atoms with Gasteiger partial charge in [-0.3, -0.25) is 14.4 Å². The Morgan fingerprint density at radius 2 is 1.93 bits per heavy atom. The molecule has 0 unspecified atom stereocenters. The van der Waals surface area contributed by atoms with Gasteiger partial charge >= 0.3 is 5.97 Å². The molecule has 2 amide bonds. The number of ether oxygens (including phenoxy) is 1. The van der Waals surface area contributed by atoms with Crippen molar-refractivity contribution in [3.05, 3.63) is 35.4 Å². The third-order valence-electron chi connectivity index (χ3n) is 6.61. The van der Waals surface area contributed by atoms with Gasteiger partial charge < -0.3 is 15.0 Å². The lowest BCUT2D eigenvalue weighted by Gasteiger charge is -2.55. The molecule has 1 heterocycles. The first kappa shape index (κ1) is 21.3. The lowest BCUT2D eigenvalue weighted by atomic mass is 9.64. The second kappa shape index (κ2) is 8.97. The van der Waals surface area contributed by atoms with Gasteiger partial charge in [0.15, 0.2) is 0 Å². The van der Waals surface area contributed by atoms with Gasteiger partial charge in [0, 0.05) is 18.2 Å². The Bertz CT molecular complexity index is 770. The Morgan fingerprint density at radius 1 is 1.24 bits per heavy atom. The van der Waals surface area contributed by atoms with Gasteiger partial charge in [-0.1, -0.05) is 44.4 Å². The fourth-order valence-corrected chi connectivity index (χ4v) is 5.10. The number of hydrogen-bond acceptors (Lipinski definition) is 4. The molecule has 2 aliphatic rings. The van der Waals surface area contributed by atoms with E-state index in [1.54, 1.807) is 0 Å². The van der Waals surface area contributed by atoms with Crippen LogP contribution in [0, 0.1) is 0 Å². The molecule has 0 bridgehead atoms. The summed E-state index contributed by atoms with van der Waals surface area (Å²) >= 11 is 0. The standard InChI is InChI=1S/C23H32N2O4/c1-4-16(2)25-22(28)18-11-7-6-10-17(18)20(23(25)13-8-5-9-14-23)21(27)24-15-12-19(26)29-3/h6-7,10-11,16,20H,4-5,8-9,12-15H2,1-3H3,(H,24,27)/t16-,20+/m1/s1. The average Bonchev–Trinajstić information content (AvgIpc) is 2.74. The van der Waals surface area contributed by atoms with Crippen molar-refractivity contribution in [1.29, 1.82) is 0 Å². The molecule has 1 aliphatic carbocycles. The second-order valence-electron chi connectivity index (χ2n) is 8.23. The minimum atomic E-state index is -0.505. The zero-order valence-electron chi connectivity index (χ0n) is 17.7. The largest absolute Gasteiger partial charge is 0.469 e. The van der Waals surface area contributed by atoms with Crippen LogP contribution >= 0.6 is 0 Å². The van der Waals surface area contributed by atoms with E-state index in [1.165, 1.54) is 7.11 Å². The third-order valence-corrected chi connectivity index (χ3v) is 6.61. The van der Waals surface area contributed by atoms with Gasteiger partial charge in [-0.25, -0.2) is 0 Å². The second-order valence-corrected chi connectivity index (χ2v) is 8.23. The molecule has 2 atom stereocenters. The SMILES string of the molecule is CC[C@@H](C)N1C(=O)c2ccccc2[C@@H](C(=O)NCCC(=O)OC)C12CCCCC2. The topological polar surface area (TPSA) is 75.7 Å². The Hall–Kier alpha value is -2.37. The maximum atomic E-state index is 13.5. The lowest BCUT2D eigenvalue weighted by molar-refractivity contribution is -0.140. The molecule has 1 saturated carbocycles. The predicted molar refractivity (Wildman–Crippen MR) is 111 cm³/mol. The Balaban J connectivity index is 2.03. The quantitative estimate of drug-likeness (QED) is 0.743. The number of carbonyl (C=O) groups is 3. The molecule has 158 valence electrons. The number of esters is 1. The van der Waals surface area contributed by atoms with Crippen molar-refractivity contribution in [2.75, 3.05) is 13.7 Å². The van der Waals surface area contributed by atoms with Crippen molar-refractivity contribution in [1.82, 2.24) is 10.2 Å². The first-order valence-corrected chi connectivity index (χ1v) is 10.7. The Kier molecular flexibility index (Phi) is 6.60. The number of fused-ring (bicyclic) bond motifs is 1. The summed E-state index contributed by atoms with van der Waals surface area (Å²) in [5.41, 5.74) is 0.931. The van der Waals surface area contributed by atoms with Gasteiger partial charge in [0.2, 0.25) is 5.91 Å².